The Balaban J connectivity index is 1.74. The first-order chi connectivity index (χ1) is 15.6. The van der Waals surface area contributed by atoms with Crippen molar-refractivity contribution in [3.8, 4) is 28.2 Å². The number of aromatic nitrogens is 4. The topological polar surface area (TPSA) is 119 Å². The highest BCUT2D eigenvalue weighted by Crippen LogP contribution is 2.25. The number of nitrogens with zero attached hydrogens (tertiary/aromatic N) is 3. The lowest BCUT2D eigenvalue weighted by molar-refractivity contribution is 0.259. The Morgan fingerprint density at radius 1 is 1.00 bits per heavy atom. The molecule has 0 saturated carbocycles. The molecule has 3 aromatic heterocycles. The van der Waals surface area contributed by atoms with Crippen LogP contribution >= 0.6 is 0 Å². The zero-order chi connectivity index (χ0) is 22.1. The van der Waals surface area contributed by atoms with Crippen molar-refractivity contribution in [1.29, 1.82) is 0 Å². The largest absolute Gasteiger partial charge is 0.351 e. The molecule has 0 atom stereocenters. The quantitative estimate of drug-likeness (QED) is 0.406. The molecule has 156 valence electrons. The van der Waals surface area contributed by atoms with Gasteiger partial charge in [0.15, 0.2) is 0 Å². The van der Waals surface area contributed by atoms with Crippen LogP contribution in [0, 0.1) is 0 Å². The zero-order valence-corrected chi connectivity index (χ0v) is 16.8. The molecule has 0 fully saturated rings. The molecule has 0 unspecified atom stereocenters. The molecule has 0 saturated heterocycles. The standard InChI is InChI=1S/C24H18N6O2/c25-24(32)27-17-7-4-8-18(12-17)30-14-16(15-5-2-1-3-6-15)11-19(23(30)31)22-28-20-9-10-26-13-21(20)29-22/h1-14H,(H,28,29)(H3,25,27,32). The lowest BCUT2D eigenvalue weighted by Gasteiger charge is -2.13. The van der Waals surface area contributed by atoms with Gasteiger partial charge in [0, 0.05) is 18.1 Å². The molecule has 8 nitrogen and oxygen atoms in total. The van der Waals surface area contributed by atoms with Gasteiger partial charge in [-0.1, -0.05) is 36.4 Å². The van der Waals surface area contributed by atoms with Crippen LogP contribution in [-0.2, 0) is 0 Å². The number of nitrogens with one attached hydrogen (secondary N) is 2. The summed E-state index contributed by atoms with van der Waals surface area (Å²) in [4.78, 5) is 36.7. The molecule has 5 rings (SSSR count). The number of amides is 2. The van der Waals surface area contributed by atoms with Crippen molar-refractivity contribution in [2.75, 3.05) is 5.32 Å². The van der Waals surface area contributed by atoms with Crippen molar-refractivity contribution >= 4 is 22.8 Å². The third-order valence-corrected chi connectivity index (χ3v) is 5.05. The second kappa shape index (κ2) is 7.84. The number of hydrogen-bond donors (Lipinski definition) is 3. The number of imidazole rings is 1. The van der Waals surface area contributed by atoms with Crippen molar-refractivity contribution in [3.05, 3.63) is 95.7 Å². The summed E-state index contributed by atoms with van der Waals surface area (Å²) in [6.45, 7) is 0. The summed E-state index contributed by atoms with van der Waals surface area (Å²) in [6.07, 6.45) is 5.10. The number of benzene rings is 2. The van der Waals surface area contributed by atoms with Crippen LogP contribution in [0.2, 0.25) is 0 Å². The summed E-state index contributed by atoms with van der Waals surface area (Å²) in [5.41, 5.74) is 9.72. The van der Waals surface area contributed by atoms with Gasteiger partial charge in [0.1, 0.15) is 5.82 Å². The fourth-order valence-electron chi connectivity index (χ4n) is 3.59. The van der Waals surface area contributed by atoms with Gasteiger partial charge in [0.05, 0.1) is 28.5 Å². The molecule has 2 amide bonds. The van der Waals surface area contributed by atoms with E-state index in [4.69, 9.17) is 5.73 Å². The number of anilines is 1. The van der Waals surface area contributed by atoms with Gasteiger partial charge in [-0.2, -0.15) is 0 Å². The van der Waals surface area contributed by atoms with Gasteiger partial charge in [-0.05, 0) is 41.5 Å². The second-order valence-electron chi connectivity index (χ2n) is 7.20. The van der Waals surface area contributed by atoms with Crippen molar-refractivity contribution < 1.29 is 4.79 Å². The fourth-order valence-corrected chi connectivity index (χ4v) is 3.59. The van der Waals surface area contributed by atoms with Crippen LogP contribution in [0.5, 0.6) is 0 Å². The summed E-state index contributed by atoms with van der Waals surface area (Å²) in [6, 6.07) is 19.6. The van der Waals surface area contributed by atoms with Crippen molar-refractivity contribution in [1.82, 2.24) is 19.5 Å². The summed E-state index contributed by atoms with van der Waals surface area (Å²) in [5.74, 6) is 0.455. The average Bonchev–Trinajstić information content (AvgIpc) is 3.23. The normalized spacial score (nSPS) is 10.9. The highest BCUT2D eigenvalue weighted by Gasteiger charge is 2.15. The van der Waals surface area contributed by atoms with Crippen LogP contribution < -0.4 is 16.6 Å². The molecule has 0 radical (unpaired) electrons. The summed E-state index contributed by atoms with van der Waals surface area (Å²) in [5, 5.41) is 2.54. The third-order valence-electron chi connectivity index (χ3n) is 5.05. The molecule has 0 aliphatic heterocycles. The van der Waals surface area contributed by atoms with E-state index in [0.29, 0.717) is 22.8 Å². The first-order valence-electron chi connectivity index (χ1n) is 9.87. The summed E-state index contributed by atoms with van der Waals surface area (Å²) >= 11 is 0. The minimum absolute atomic E-state index is 0.257. The van der Waals surface area contributed by atoms with Gasteiger partial charge in [-0.25, -0.2) is 9.78 Å². The number of hydrogen-bond acceptors (Lipinski definition) is 4. The SMILES string of the molecule is NC(=O)Nc1cccc(-n2cc(-c3ccccc3)cc(-c3nc4ccncc4[nH]3)c2=O)c1. The molecule has 4 N–H and O–H groups in total. The third kappa shape index (κ3) is 3.61. The Morgan fingerprint density at radius 3 is 2.62 bits per heavy atom. The number of H-pyrrole nitrogens is 1. The number of nitrogens with two attached hydrogens (primary N) is 1. The maximum Gasteiger partial charge on any atom is 0.316 e. The number of aromatic amines is 1. The number of rotatable bonds is 4. The average molecular weight is 422 g/mol. The van der Waals surface area contributed by atoms with Gasteiger partial charge in [-0.3, -0.25) is 14.3 Å². The van der Waals surface area contributed by atoms with Crippen molar-refractivity contribution in [2.24, 2.45) is 5.73 Å². The Kier molecular flexibility index (Phi) is 4.72. The lowest BCUT2D eigenvalue weighted by Crippen LogP contribution is -2.22. The number of fused-ring (bicyclic) bond motifs is 1. The van der Waals surface area contributed by atoms with E-state index in [1.807, 2.05) is 36.4 Å². The maximum atomic E-state index is 13.5. The second-order valence-corrected chi connectivity index (χ2v) is 7.20. The number of carbonyl (C=O) groups is 1. The van der Waals surface area contributed by atoms with Gasteiger partial charge in [-0.15, -0.1) is 0 Å². The Hall–Kier alpha value is -4.72. The number of urea groups is 1. The fraction of sp³-hybridized carbons (Fsp3) is 0. The van der Waals surface area contributed by atoms with E-state index in [2.05, 4.69) is 20.3 Å². The van der Waals surface area contributed by atoms with Gasteiger partial charge in [0.2, 0.25) is 0 Å². The number of primary amides is 1. The van der Waals surface area contributed by atoms with Crippen LogP contribution in [0.15, 0.2) is 90.1 Å². The molecule has 0 spiro atoms. The molecule has 32 heavy (non-hydrogen) atoms. The van der Waals surface area contributed by atoms with E-state index in [9.17, 15) is 9.59 Å². The van der Waals surface area contributed by atoms with E-state index in [1.165, 1.54) is 4.57 Å². The predicted molar refractivity (Wildman–Crippen MR) is 124 cm³/mol. The number of pyridine rings is 2. The molecular formula is C24H18N6O2. The molecule has 3 heterocycles. The van der Waals surface area contributed by atoms with E-state index in [0.717, 1.165) is 22.2 Å². The van der Waals surface area contributed by atoms with Gasteiger partial charge < -0.3 is 16.0 Å². The smallest absolute Gasteiger partial charge is 0.316 e. The highest BCUT2D eigenvalue weighted by molar-refractivity contribution is 5.88. The van der Waals surface area contributed by atoms with E-state index in [1.54, 1.807) is 48.9 Å². The first-order valence-corrected chi connectivity index (χ1v) is 9.87. The monoisotopic (exact) mass is 422 g/mol. The van der Waals surface area contributed by atoms with Gasteiger partial charge in [0.25, 0.3) is 5.56 Å². The van der Waals surface area contributed by atoms with E-state index >= 15 is 0 Å². The molecule has 5 aromatic rings. The number of carbonyl (C=O) groups excluding carboxylic acids is 1. The minimum atomic E-state index is -0.677. The molecule has 0 bridgehead atoms. The minimum Gasteiger partial charge on any atom is -0.351 e. The molecular weight excluding hydrogens is 404 g/mol. The van der Waals surface area contributed by atoms with Crippen LogP contribution in [0.4, 0.5) is 10.5 Å². The van der Waals surface area contributed by atoms with Crippen LogP contribution in [0.3, 0.4) is 0 Å². The first kappa shape index (κ1) is 19.3. The van der Waals surface area contributed by atoms with Gasteiger partial charge >= 0.3 is 6.03 Å². The van der Waals surface area contributed by atoms with Crippen LogP contribution in [-0.4, -0.2) is 25.6 Å². The Labute approximate surface area is 182 Å². The lowest BCUT2D eigenvalue weighted by atomic mass is 10.1. The summed E-state index contributed by atoms with van der Waals surface area (Å²) < 4.78 is 1.54. The molecule has 0 aliphatic carbocycles. The van der Waals surface area contributed by atoms with Crippen molar-refractivity contribution in [3.63, 3.8) is 0 Å². The zero-order valence-electron chi connectivity index (χ0n) is 16.8. The van der Waals surface area contributed by atoms with Crippen LogP contribution in [0.25, 0.3) is 39.2 Å². The van der Waals surface area contributed by atoms with E-state index < -0.39 is 6.03 Å². The Bertz CT molecular complexity index is 1470. The van der Waals surface area contributed by atoms with E-state index in [-0.39, 0.29) is 5.56 Å². The Morgan fingerprint density at radius 2 is 1.84 bits per heavy atom. The summed E-state index contributed by atoms with van der Waals surface area (Å²) in [7, 11) is 0. The highest BCUT2D eigenvalue weighted by atomic mass is 16.2. The van der Waals surface area contributed by atoms with Crippen molar-refractivity contribution in [2.45, 2.75) is 0 Å². The molecule has 8 heteroatoms. The van der Waals surface area contributed by atoms with Crippen LogP contribution in [0.1, 0.15) is 0 Å². The predicted octanol–water partition coefficient (Wildman–Crippen LogP) is 3.93. The molecule has 0 aliphatic rings. The molecule has 2 aromatic carbocycles. The maximum absolute atomic E-state index is 13.5.